The lowest BCUT2D eigenvalue weighted by Gasteiger charge is -2.31. The monoisotopic (exact) mass is 333 g/mol. The van der Waals surface area contributed by atoms with Crippen LogP contribution in [0.5, 0.6) is 0 Å². The quantitative estimate of drug-likeness (QED) is 0.914. The third kappa shape index (κ3) is 4.10. The molecule has 124 valence electrons. The van der Waals surface area contributed by atoms with Crippen LogP contribution in [0.2, 0.25) is 0 Å². The highest BCUT2D eigenvalue weighted by molar-refractivity contribution is 7.07. The normalized spacial score (nSPS) is 15.8. The lowest BCUT2D eigenvalue weighted by atomic mass is 9.92. The molecule has 3 rings (SSSR count). The molecule has 2 aromatic heterocycles. The summed E-state index contributed by atoms with van der Waals surface area (Å²) in [6.07, 6.45) is 6.91. The third-order valence-corrected chi connectivity index (χ3v) is 5.01. The maximum Gasteiger partial charge on any atom is 0.317 e. The van der Waals surface area contributed by atoms with Gasteiger partial charge in [-0.25, -0.2) is 9.78 Å². The van der Waals surface area contributed by atoms with E-state index in [0.29, 0.717) is 12.5 Å². The van der Waals surface area contributed by atoms with Crippen LogP contribution in [0, 0.1) is 0 Å². The number of nitrogens with one attached hydrogen (secondary N) is 1. The van der Waals surface area contributed by atoms with Gasteiger partial charge in [-0.1, -0.05) is 0 Å². The molecule has 0 atom stereocenters. The summed E-state index contributed by atoms with van der Waals surface area (Å²) in [6, 6.07) is 0.0444. The molecule has 0 bridgehead atoms. The van der Waals surface area contributed by atoms with Gasteiger partial charge in [-0.05, 0) is 31.2 Å². The number of aromatic nitrogens is 3. The van der Waals surface area contributed by atoms with Crippen LogP contribution in [0.25, 0.3) is 0 Å². The molecule has 0 aliphatic carbocycles. The minimum atomic E-state index is 0.0444. The van der Waals surface area contributed by atoms with E-state index in [0.717, 1.165) is 44.6 Å². The lowest BCUT2D eigenvalue weighted by molar-refractivity contribution is 0.181. The van der Waals surface area contributed by atoms with Crippen molar-refractivity contribution >= 4 is 17.4 Å². The molecule has 1 N–H and O–H groups in total. The van der Waals surface area contributed by atoms with Crippen LogP contribution in [-0.4, -0.2) is 45.3 Å². The summed E-state index contributed by atoms with van der Waals surface area (Å²) in [5.41, 5.74) is 4.17. The summed E-state index contributed by atoms with van der Waals surface area (Å²) in [5, 5.41) is 9.36. The summed E-state index contributed by atoms with van der Waals surface area (Å²) in [5.74, 6) is 0.523. The van der Waals surface area contributed by atoms with E-state index in [4.69, 9.17) is 0 Å². The van der Waals surface area contributed by atoms with Crippen molar-refractivity contribution in [1.29, 1.82) is 0 Å². The highest BCUT2D eigenvalue weighted by Gasteiger charge is 2.24. The molecule has 0 aromatic carbocycles. The van der Waals surface area contributed by atoms with E-state index < -0.39 is 0 Å². The van der Waals surface area contributed by atoms with Crippen molar-refractivity contribution in [2.24, 2.45) is 0 Å². The first-order valence-electron chi connectivity index (χ1n) is 8.18. The number of likely N-dealkylation sites (tertiary alicyclic amines) is 1. The van der Waals surface area contributed by atoms with Gasteiger partial charge in [0.05, 0.1) is 17.4 Å². The summed E-state index contributed by atoms with van der Waals surface area (Å²) >= 11 is 1.59. The highest BCUT2D eigenvalue weighted by Crippen LogP contribution is 2.27. The number of aryl methyl sites for hydroxylation is 1. The molecule has 0 radical (unpaired) electrons. The minimum Gasteiger partial charge on any atom is -0.338 e. The van der Waals surface area contributed by atoms with Crippen molar-refractivity contribution in [2.45, 2.75) is 38.6 Å². The molecule has 1 aliphatic heterocycles. The Morgan fingerprint density at radius 2 is 2.26 bits per heavy atom. The zero-order chi connectivity index (χ0) is 16.1. The smallest absolute Gasteiger partial charge is 0.317 e. The van der Waals surface area contributed by atoms with Gasteiger partial charge in [-0.2, -0.15) is 5.10 Å². The zero-order valence-electron chi connectivity index (χ0n) is 13.4. The molecule has 0 saturated carbocycles. The van der Waals surface area contributed by atoms with Crippen molar-refractivity contribution in [3.05, 3.63) is 34.5 Å². The Hall–Kier alpha value is -1.89. The molecule has 1 fully saturated rings. The number of rotatable bonds is 5. The number of thiazole rings is 1. The van der Waals surface area contributed by atoms with Crippen LogP contribution in [0.1, 0.15) is 36.9 Å². The van der Waals surface area contributed by atoms with Gasteiger partial charge >= 0.3 is 6.03 Å². The van der Waals surface area contributed by atoms with Gasteiger partial charge < -0.3 is 10.2 Å². The van der Waals surface area contributed by atoms with Gasteiger partial charge in [-0.15, -0.1) is 11.3 Å². The van der Waals surface area contributed by atoms with E-state index >= 15 is 0 Å². The summed E-state index contributed by atoms with van der Waals surface area (Å²) in [6.45, 7) is 5.26. The number of piperidine rings is 1. The predicted molar refractivity (Wildman–Crippen MR) is 90.7 cm³/mol. The first-order chi connectivity index (χ1) is 11.3. The molecular weight excluding hydrogens is 310 g/mol. The standard InChI is InChI=1S/C16H23N5OS/c1-2-21-10-14(9-19-21)13-4-7-20(8-5-13)16(22)17-6-3-15-11-23-12-18-15/h9-13H,2-8H2,1H3,(H,17,22). The van der Waals surface area contributed by atoms with Gasteiger partial charge in [0.25, 0.3) is 0 Å². The van der Waals surface area contributed by atoms with E-state index in [1.807, 2.05) is 26.7 Å². The maximum absolute atomic E-state index is 12.2. The second-order valence-corrected chi connectivity index (χ2v) is 6.57. The van der Waals surface area contributed by atoms with Crippen LogP contribution in [0.3, 0.4) is 0 Å². The number of hydrogen-bond donors (Lipinski definition) is 1. The Bertz CT molecular complexity index is 616. The first kappa shape index (κ1) is 16.0. The van der Waals surface area contributed by atoms with Crippen molar-refractivity contribution in [1.82, 2.24) is 25.0 Å². The van der Waals surface area contributed by atoms with Crippen molar-refractivity contribution < 1.29 is 4.79 Å². The molecule has 23 heavy (non-hydrogen) atoms. The van der Waals surface area contributed by atoms with Crippen molar-refractivity contribution in [3.8, 4) is 0 Å². The fraction of sp³-hybridized carbons (Fsp3) is 0.562. The molecule has 2 aromatic rings. The number of nitrogens with zero attached hydrogens (tertiary/aromatic N) is 4. The fourth-order valence-electron chi connectivity index (χ4n) is 2.95. The Morgan fingerprint density at radius 1 is 1.43 bits per heavy atom. The van der Waals surface area contributed by atoms with Gasteiger partial charge in [-0.3, -0.25) is 4.68 Å². The van der Waals surface area contributed by atoms with Crippen LogP contribution < -0.4 is 5.32 Å². The molecule has 0 spiro atoms. The average Bonchev–Trinajstić information content (AvgIpc) is 3.26. The SMILES string of the molecule is CCn1cc(C2CCN(C(=O)NCCc3cscn3)CC2)cn1. The first-order valence-corrected chi connectivity index (χ1v) is 9.12. The molecule has 7 heteroatoms. The molecule has 1 aliphatic rings. The van der Waals surface area contributed by atoms with E-state index in [-0.39, 0.29) is 6.03 Å². The number of carbonyl (C=O) groups excluding carboxylic acids is 1. The number of hydrogen-bond acceptors (Lipinski definition) is 4. The zero-order valence-corrected chi connectivity index (χ0v) is 14.3. The lowest BCUT2D eigenvalue weighted by Crippen LogP contribution is -2.44. The molecular formula is C16H23N5OS. The number of carbonyl (C=O) groups is 1. The Kier molecular flexibility index (Phi) is 5.27. The predicted octanol–water partition coefficient (Wildman–Crippen LogP) is 2.49. The van der Waals surface area contributed by atoms with Crippen LogP contribution >= 0.6 is 11.3 Å². The highest BCUT2D eigenvalue weighted by atomic mass is 32.1. The average molecular weight is 333 g/mol. The fourth-order valence-corrected chi connectivity index (χ4v) is 3.54. The van der Waals surface area contributed by atoms with Crippen LogP contribution in [0.15, 0.2) is 23.3 Å². The van der Waals surface area contributed by atoms with E-state index in [1.165, 1.54) is 5.56 Å². The summed E-state index contributed by atoms with van der Waals surface area (Å²) in [4.78, 5) is 18.3. The largest absolute Gasteiger partial charge is 0.338 e. The Labute approximate surface area is 140 Å². The van der Waals surface area contributed by atoms with Gasteiger partial charge in [0.15, 0.2) is 0 Å². The second-order valence-electron chi connectivity index (χ2n) is 5.85. The molecule has 3 heterocycles. The maximum atomic E-state index is 12.2. The molecule has 6 nitrogen and oxygen atoms in total. The van der Waals surface area contributed by atoms with Crippen molar-refractivity contribution in [3.63, 3.8) is 0 Å². The van der Waals surface area contributed by atoms with Gasteiger partial charge in [0.1, 0.15) is 0 Å². The van der Waals surface area contributed by atoms with Crippen molar-refractivity contribution in [2.75, 3.05) is 19.6 Å². The Morgan fingerprint density at radius 3 is 2.91 bits per heavy atom. The third-order valence-electron chi connectivity index (χ3n) is 4.37. The Balaban J connectivity index is 1.42. The number of amides is 2. The van der Waals surface area contributed by atoms with Crippen LogP contribution in [0.4, 0.5) is 4.79 Å². The minimum absolute atomic E-state index is 0.0444. The van der Waals surface area contributed by atoms with E-state index in [1.54, 1.807) is 11.3 Å². The van der Waals surface area contributed by atoms with E-state index in [2.05, 4.69) is 28.5 Å². The number of urea groups is 1. The molecule has 0 unspecified atom stereocenters. The summed E-state index contributed by atoms with van der Waals surface area (Å²) < 4.78 is 1.97. The summed E-state index contributed by atoms with van der Waals surface area (Å²) in [7, 11) is 0. The van der Waals surface area contributed by atoms with Gasteiger partial charge in [0.2, 0.25) is 0 Å². The topological polar surface area (TPSA) is 63.1 Å². The molecule has 1 saturated heterocycles. The van der Waals surface area contributed by atoms with Crippen LogP contribution in [-0.2, 0) is 13.0 Å². The van der Waals surface area contributed by atoms with Gasteiger partial charge in [0, 0.05) is 44.2 Å². The molecule has 2 amide bonds. The van der Waals surface area contributed by atoms with E-state index in [9.17, 15) is 4.79 Å². The second kappa shape index (κ2) is 7.59.